The molecule has 1 N–H and O–H groups in total. The van der Waals surface area contributed by atoms with Gasteiger partial charge in [0.1, 0.15) is 18.3 Å². The highest BCUT2D eigenvalue weighted by Gasteiger charge is 2.38. The highest BCUT2D eigenvalue weighted by atomic mass is 16.3. The first-order valence-corrected chi connectivity index (χ1v) is 7.01. The second kappa shape index (κ2) is 5.34. The van der Waals surface area contributed by atoms with Crippen molar-refractivity contribution < 1.29 is 5.11 Å². The Labute approximate surface area is 118 Å². The molecule has 20 heavy (non-hydrogen) atoms. The Bertz CT molecular complexity index is 569. The van der Waals surface area contributed by atoms with Gasteiger partial charge in [-0.3, -0.25) is 9.58 Å². The molecule has 0 bridgehead atoms. The lowest BCUT2D eigenvalue weighted by molar-refractivity contribution is 0.0451. The molecule has 2 aromatic rings. The number of benzene rings is 1. The van der Waals surface area contributed by atoms with Crippen LogP contribution in [0.4, 0.5) is 0 Å². The Morgan fingerprint density at radius 3 is 2.90 bits per heavy atom. The van der Waals surface area contributed by atoms with Crippen molar-refractivity contribution in [2.75, 3.05) is 19.6 Å². The molecule has 1 aromatic carbocycles. The molecule has 2 heterocycles. The van der Waals surface area contributed by atoms with E-state index in [1.165, 1.54) is 0 Å². The number of likely N-dealkylation sites (tertiary alicyclic amines) is 1. The lowest BCUT2D eigenvalue weighted by atomic mass is 9.89. The summed E-state index contributed by atoms with van der Waals surface area (Å²) in [5.74, 6) is 0. The van der Waals surface area contributed by atoms with Crippen LogP contribution in [0.1, 0.15) is 17.5 Å². The van der Waals surface area contributed by atoms with E-state index in [4.69, 9.17) is 0 Å². The average molecular weight is 272 g/mol. The van der Waals surface area contributed by atoms with E-state index in [0.717, 1.165) is 37.2 Å². The van der Waals surface area contributed by atoms with Crippen LogP contribution in [-0.2, 0) is 12.1 Å². The highest BCUT2D eigenvalue weighted by Crippen LogP contribution is 2.33. The van der Waals surface area contributed by atoms with Gasteiger partial charge < -0.3 is 5.11 Å². The fraction of sp³-hybridized carbons (Fsp3) is 0.467. The number of hydrogen-bond acceptors (Lipinski definition) is 4. The van der Waals surface area contributed by atoms with E-state index in [2.05, 4.69) is 28.0 Å². The molecule has 0 amide bonds. The third-order valence-electron chi connectivity index (χ3n) is 4.09. The minimum absolute atomic E-state index is 0.687. The molecule has 1 aliphatic heterocycles. The van der Waals surface area contributed by atoms with Gasteiger partial charge in [0.25, 0.3) is 0 Å². The molecule has 1 unspecified atom stereocenters. The molecule has 1 saturated heterocycles. The number of aromatic nitrogens is 3. The monoisotopic (exact) mass is 272 g/mol. The van der Waals surface area contributed by atoms with Gasteiger partial charge in [-0.05, 0) is 24.5 Å². The summed E-state index contributed by atoms with van der Waals surface area (Å²) in [5.41, 5.74) is 1.50. The maximum Gasteiger partial charge on any atom is 0.137 e. The normalized spacial score (nSPS) is 23.3. The molecule has 0 radical (unpaired) electrons. The Hall–Kier alpha value is -1.72. The summed E-state index contributed by atoms with van der Waals surface area (Å²) in [4.78, 5) is 6.22. The van der Waals surface area contributed by atoms with Crippen molar-refractivity contribution in [2.24, 2.45) is 0 Å². The quantitative estimate of drug-likeness (QED) is 0.908. The van der Waals surface area contributed by atoms with Crippen molar-refractivity contribution in [1.82, 2.24) is 19.7 Å². The molecular weight excluding hydrogens is 252 g/mol. The smallest absolute Gasteiger partial charge is 0.137 e. The molecule has 1 atom stereocenters. The molecule has 5 nitrogen and oxygen atoms in total. The first kappa shape index (κ1) is 13.3. The summed E-state index contributed by atoms with van der Waals surface area (Å²) in [5, 5.41) is 15.0. The summed E-state index contributed by atoms with van der Waals surface area (Å²) < 4.78 is 1.82. The molecule has 5 heteroatoms. The van der Waals surface area contributed by atoms with Gasteiger partial charge in [-0.15, -0.1) is 0 Å². The summed E-state index contributed by atoms with van der Waals surface area (Å²) in [6.45, 7) is 5.36. The zero-order valence-corrected chi connectivity index (χ0v) is 11.7. The van der Waals surface area contributed by atoms with Crippen LogP contribution < -0.4 is 0 Å². The molecule has 0 spiro atoms. The average Bonchev–Trinajstić information content (AvgIpc) is 3.07. The van der Waals surface area contributed by atoms with E-state index >= 15 is 0 Å². The molecule has 106 valence electrons. The van der Waals surface area contributed by atoms with Gasteiger partial charge in [0.2, 0.25) is 0 Å². The van der Waals surface area contributed by atoms with Gasteiger partial charge in [0, 0.05) is 19.6 Å². The van der Waals surface area contributed by atoms with Crippen LogP contribution in [-0.4, -0.2) is 44.4 Å². The topological polar surface area (TPSA) is 54.2 Å². The predicted octanol–water partition coefficient (Wildman–Crippen LogP) is 1.18. The number of nitrogens with zero attached hydrogens (tertiary/aromatic N) is 4. The summed E-state index contributed by atoms with van der Waals surface area (Å²) in [7, 11) is 0. The van der Waals surface area contributed by atoms with E-state index < -0.39 is 5.60 Å². The first-order chi connectivity index (χ1) is 9.67. The summed E-state index contributed by atoms with van der Waals surface area (Å²) in [6, 6.07) is 8.11. The van der Waals surface area contributed by atoms with Crippen molar-refractivity contribution in [1.29, 1.82) is 0 Å². The maximum absolute atomic E-state index is 10.9. The lowest BCUT2D eigenvalue weighted by Crippen LogP contribution is -2.33. The van der Waals surface area contributed by atoms with Gasteiger partial charge >= 0.3 is 0 Å². The van der Waals surface area contributed by atoms with Crippen molar-refractivity contribution in [3.8, 4) is 0 Å². The minimum Gasteiger partial charge on any atom is -0.384 e. The highest BCUT2D eigenvalue weighted by molar-refractivity contribution is 5.32. The van der Waals surface area contributed by atoms with E-state index in [9.17, 15) is 5.11 Å². The van der Waals surface area contributed by atoms with Crippen LogP contribution in [0.15, 0.2) is 36.9 Å². The lowest BCUT2D eigenvalue weighted by Gasteiger charge is -2.25. The Kier molecular flexibility index (Phi) is 3.54. The van der Waals surface area contributed by atoms with Crippen LogP contribution in [0.3, 0.4) is 0 Å². The van der Waals surface area contributed by atoms with Gasteiger partial charge in [0.15, 0.2) is 0 Å². The molecule has 3 rings (SSSR count). The van der Waals surface area contributed by atoms with Gasteiger partial charge in [-0.2, -0.15) is 5.10 Å². The van der Waals surface area contributed by atoms with Gasteiger partial charge in [-0.25, -0.2) is 4.98 Å². The molecule has 0 saturated carbocycles. The molecule has 0 aliphatic carbocycles. The largest absolute Gasteiger partial charge is 0.384 e. The standard InChI is InChI=1S/C15H20N4O/c1-13-4-2-3-5-14(13)15(20)6-7-18(10-15)8-9-19-12-16-11-17-19/h2-5,11-12,20H,6-10H2,1H3. The summed E-state index contributed by atoms with van der Waals surface area (Å²) >= 11 is 0. The SMILES string of the molecule is Cc1ccccc1C1(O)CCN(CCn2cncn2)C1. The minimum atomic E-state index is -0.715. The predicted molar refractivity (Wildman–Crippen MR) is 76.2 cm³/mol. The molecule has 1 aliphatic rings. The maximum atomic E-state index is 10.9. The Morgan fingerprint density at radius 1 is 1.30 bits per heavy atom. The fourth-order valence-corrected chi connectivity index (χ4v) is 2.97. The van der Waals surface area contributed by atoms with Crippen molar-refractivity contribution in [3.63, 3.8) is 0 Å². The van der Waals surface area contributed by atoms with E-state index in [-0.39, 0.29) is 0 Å². The zero-order valence-electron chi connectivity index (χ0n) is 11.7. The van der Waals surface area contributed by atoms with Crippen LogP contribution in [0.2, 0.25) is 0 Å². The van der Waals surface area contributed by atoms with E-state index in [0.29, 0.717) is 6.54 Å². The second-order valence-electron chi connectivity index (χ2n) is 5.53. The first-order valence-electron chi connectivity index (χ1n) is 7.01. The van der Waals surface area contributed by atoms with E-state index in [1.54, 1.807) is 12.7 Å². The summed E-state index contributed by atoms with van der Waals surface area (Å²) in [6.07, 6.45) is 4.06. The van der Waals surface area contributed by atoms with Crippen LogP contribution in [0.25, 0.3) is 0 Å². The number of β-amino-alcohol motifs (C(OH)–C–C–N with tert-alkyl or cyclic N) is 1. The van der Waals surface area contributed by atoms with Crippen LogP contribution in [0.5, 0.6) is 0 Å². The van der Waals surface area contributed by atoms with Crippen molar-refractivity contribution in [3.05, 3.63) is 48.0 Å². The number of aryl methyl sites for hydroxylation is 1. The molecule has 1 fully saturated rings. The van der Waals surface area contributed by atoms with Gasteiger partial charge in [-0.1, -0.05) is 24.3 Å². The third-order valence-corrected chi connectivity index (χ3v) is 4.09. The van der Waals surface area contributed by atoms with Crippen molar-refractivity contribution in [2.45, 2.75) is 25.5 Å². The Morgan fingerprint density at radius 2 is 2.15 bits per heavy atom. The van der Waals surface area contributed by atoms with Crippen LogP contribution >= 0.6 is 0 Å². The third kappa shape index (κ3) is 2.59. The fourth-order valence-electron chi connectivity index (χ4n) is 2.97. The Balaban J connectivity index is 1.65. The second-order valence-corrected chi connectivity index (χ2v) is 5.53. The van der Waals surface area contributed by atoms with E-state index in [1.807, 2.05) is 22.9 Å². The number of aliphatic hydroxyl groups is 1. The zero-order chi connectivity index (χ0) is 14.0. The molecular formula is C15H20N4O. The molecule has 1 aromatic heterocycles. The van der Waals surface area contributed by atoms with Gasteiger partial charge in [0.05, 0.1) is 6.54 Å². The van der Waals surface area contributed by atoms with Crippen molar-refractivity contribution >= 4 is 0 Å². The number of rotatable bonds is 4. The number of hydrogen-bond donors (Lipinski definition) is 1. The van der Waals surface area contributed by atoms with Crippen LogP contribution in [0, 0.1) is 6.92 Å².